The topological polar surface area (TPSA) is 21.3 Å². The van der Waals surface area contributed by atoms with E-state index in [-0.39, 0.29) is 18.0 Å². The van der Waals surface area contributed by atoms with Crippen LogP contribution in [0.1, 0.15) is 36.6 Å². The Morgan fingerprint density at radius 1 is 1.24 bits per heavy atom. The molecule has 0 bridgehead atoms. The molecule has 0 saturated carbocycles. The summed E-state index contributed by atoms with van der Waals surface area (Å²) in [4.78, 5) is 0. The van der Waals surface area contributed by atoms with E-state index in [9.17, 15) is 4.39 Å². The van der Waals surface area contributed by atoms with Crippen molar-refractivity contribution in [3.05, 3.63) is 63.9 Å². The van der Waals surface area contributed by atoms with Gasteiger partial charge in [0, 0.05) is 28.1 Å². The molecule has 2 atom stereocenters. The largest absolute Gasteiger partial charge is 0.485 e. The van der Waals surface area contributed by atoms with Crippen LogP contribution in [0.5, 0.6) is 5.75 Å². The predicted molar refractivity (Wildman–Crippen MR) is 84.9 cm³/mol. The van der Waals surface area contributed by atoms with Crippen molar-refractivity contribution in [1.29, 1.82) is 0 Å². The average Bonchev–Trinajstić information content (AvgIpc) is 2.47. The molecule has 2 unspecified atom stereocenters. The van der Waals surface area contributed by atoms with Gasteiger partial charge < -0.3 is 10.1 Å². The summed E-state index contributed by atoms with van der Waals surface area (Å²) >= 11 is 3.47. The van der Waals surface area contributed by atoms with Gasteiger partial charge in [-0.3, -0.25) is 0 Å². The van der Waals surface area contributed by atoms with Crippen LogP contribution in [-0.4, -0.2) is 6.54 Å². The first-order valence-corrected chi connectivity index (χ1v) is 7.92. The zero-order chi connectivity index (χ0) is 14.8. The van der Waals surface area contributed by atoms with Gasteiger partial charge in [-0.2, -0.15) is 0 Å². The standard InChI is InChI=1S/C17H17BrFNO/c1-2-20-15-10-17(12-5-3-4-6-14(12)19)21-16-9-11(18)7-8-13(15)16/h3-9,15,17,20H,2,10H2,1H3. The molecular weight excluding hydrogens is 333 g/mol. The van der Waals surface area contributed by atoms with Crippen molar-refractivity contribution in [3.63, 3.8) is 0 Å². The highest BCUT2D eigenvalue weighted by atomic mass is 79.9. The van der Waals surface area contributed by atoms with Crippen molar-refractivity contribution < 1.29 is 9.13 Å². The molecule has 4 heteroatoms. The summed E-state index contributed by atoms with van der Waals surface area (Å²) in [6.07, 6.45) is 0.459. The van der Waals surface area contributed by atoms with Gasteiger partial charge in [0.25, 0.3) is 0 Å². The molecule has 0 aromatic heterocycles. The molecular formula is C17H17BrFNO. The summed E-state index contributed by atoms with van der Waals surface area (Å²) in [5.74, 6) is 0.603. The predicted octanol–water partition coefficient (Wildman–Crippen LogP) is 4.76. The van der Waals surface area contributed by atoms with Crippen molar-refractivity contribution in [3.8, 4) is 5.75 Å². The summed E-state index contributed by atoms with van der Waals surface area (Å²) in [7, 11) is 0. The third kappa shape index (κ3) is 2.97. The van der Waals surface area contributed by atoms with Crippen LogP contribution in [0.4, 0.5) is 4.39 Å². The number of benzene rings is 2. The highest BCUT2D eigenvalue weighted by Crippen LogP contribution is 2.42. The molecule has 1 heterocycles. The first-order chi connectivity index (χ1) is 10.2. The molecule has 1 N–H and O–H groups in total. The average molecular weight is 350 g/mol. The lowest BCUT2D eigenvalue weighted by atomic mass is 9.92. The SMILES string of the molecule is CCNC1CC(c2ccccc2F)Oc2cc(Br)ccc21. The molecule has 0 saturated heterocycles. The zero-order valence-electron chi connectivity index (χ0n) is 11.8. The molecule has 2 aromatic carbocycles. The summed E-state index contributed by atoms with van der Waals surface area (Å²) < 4.78 is 21.0. The molecule has 21 heavy (non-hydrogen) atoms. The normalized spacial score (nSPS) is 20.7. The number of hydrogen-bond acceptors (Lipinski definition) is 2. The monoisotopic (exact) mass is 349 g/mol. The van der Waals surface area contributed by atoms with E-state index in [0.717, 1.165) is 28.8 Å². The van der Waals surface area contributed by atoms with Crippen LogP contribution in [0, 0.1) is 5.82 Å². The Bertz CT molecular complexity index is 646. The van der Waals surface area contributed by atoms with Crippen LogP contribution >= 0.6 is 15.9 Å². The lowest BCUT2D eigenvalue weighted by Gasteiger charge is -2.33. The first kappa shape index (κ1) is 14.5. The third-order valence-electron chi connectivity index (χ3n) is 3.77. The van der Waals surface area contributed by atoms with Gasteiger partial charge in [-0.05, 0) is 24.7 Å². The molecule has 0 amide bonds. The quantitative estimate of drug-likeness (QED) is 0.862. The number of ether oxygens (including phenoxy) is 1. The number of hydrogen-bond donors (Lipinski definition) is 1. The van der Waals surface area contributed by atoms with Crippen LogP contribution in [-0.2, 0) is 0 Å². The van der Waals surface area contributed by atoms with Crippen LogP contribution in [0.25, 0.3) is 0 Å². The van der Waals surface area contributed by atoms with Crippen LogP contribution < -0.4 is 10.1 Å². The van der Waals surface area contributed by atoms with Crippen LogP contribution in [0.3, 0.4) is 0 Å². The van der Waals surface area contributed by atoms with Gasteiger partial charge in [-0.1, -0.05) is 47.1 Å². The van der Waals surface area contributed by atoms with Gasteiger partial charge in [0.1, 0.15) is 17.7 Å². The number of rotatable bonds is 3. The van der Waals surface area contributed by atoms with E-state index in [1.807, 2.05) is 18.2 Å². The van der Waals surface area contributed by atoms with Gasteiger partial charge in [0.2, 0.25) is 0 Å². The fourth-order valence-corrected chi connectivity index (χ4v) is 3.15. The van der Waals surface area contributed by atoms with E-state index in [2.05, 4.69) is 34.2 Å². The molecule has 1 aliphatic rings. The summed E-state index contributed by atoms with van der Waals surface area (Å²) in [5, 5.41) is 3.46. The van der Waals surface area contributed by atoms with E-state index in [4.69, 9.17) is 4.74 Å². The molecule has 3 rings (SSSR count). The second kappa shape index (κ2) is 6.16. The lowest BCUT2D eigenvalue weighted by Crippen LogP contribution is -2.29. The highest BCUT2D eigenvalue weighted by Gasteiger charge is 2.30. The molecule has 0 aliphatic carbocycles. The van der Waals surface area contributed by atoms with Crippen molar-refractivity contribution >= 4 is 15.9 Å². The maximum Gasteiger partial charge on any atom is 0.130 e. The Kier molecular flexibility index (Phi) is 4.27. The minimum Gasteiger partial charge on any atom is -0.485 e. The summed E-state index contributed by atoms with van der Waals surface area (Å²) in [6, 6.07) is 13.0. The molecule has 0 spiro atoms. The maximum atomic E-state index is 14.0. The first-order valence-electron chi connectivity index (χ1n) is 7.13. The Labute approximate surface area is 132 Å². The summed E-state index contributed by atoms with van der Waals surface area (Å²) in [6.45, 7) is 2.94. The Morgan fingerprint density at radius 2 is 2.05 bits per heavy atom. The third-order valence-corrected chi connectivity index (χ3v) is 4.27. The Hall–Kier alpha value is -1.39. The summed E-state index contributed by atoms with van der Waals surface area (Å²) in [5.41, 5.74) is 1.75. The Morgan fingerprint density at radius 3 is 2.81 bits per heavy atom. The van der Waals surface area contributed by atoms with E-state index in [0.29, 0.717) is 5.56 Å². The fourth-order valence-electron chi connectivity index (χ4n) is 2.81. The minimum absolute atomic E-state index is 0.177. The van der Waals surface area contributed by atoms with Gasteiger partial charge in [0.05, 0.1) is 0 Å². The van der Waals surface area contributed by atoms with Crippen molar-refractivity contribution in [2.75, 3.05) is 6.54 Å². The number of nitrogens with one attached hydrogen (secondary N) is 1. The van der Waals surface area contributed by atoms with E-state index in [1.165, 1.54) is 6.07 Å². The smallest absolute Gasteiger partial charge is 0.130 e. The van der Waals surface area contributed by atoms with Crippen LogP contribution in [0.15, 0.2) is 46.9 Å². The lowest BCUT2D eigenvalue weighted by molar-refractivity contribution is 0.148. The number of halogens is 2. The molecule has 2 aromatic rings. The second-order valence-corrected chi connectivity index (χ2v) is 6.07. The van der Waals surface area contributed by atoms with Gasteiger partial charge in [0.15, 0.2) is 0 Å². The molecule has 0 radical (unpaired) electrons. The van der Waals surface area contributed by atoms with Crippen LogP contribution in [0.2, 0.25) is 0 Å². The molecule has 110 valence electrons. The van der Waals surface area contributed by atoms with E-state index in [1.54, 1.807) is 12.1 Å². The van der Waals surface area contributed by atoms with E-state index < -0.39 is 0 Å². The fraction of sp³-hybridized carbons (Fsp3) is 0.294. The van der Waals surface area contributed by atoms with Crippen molar-refractivity contribution in [2.45, 2.75) is 25.5 Å². The highest BCUT2D eigenvalue weighted by molar-refractivity contribution is 9.10. The molecule has 0 fully saturated rings. The maximum absolute atomic E-state index is 14.0. The van der Waals surface area contributed by atoms with Gasteiger partial charge in [-0.25, -0.2) is 4.39 Å². The Balaban J connectivity index is 1.98. The van der Waals surface area contributed by atoms with Crippen molar-refractivity contribution in [2.24, 2.45) is 0 Å². The van der Waals surface area contributed by atoms with Gasteiger partial charge in [-0.15, -0.1) is 0 Å². The number of fused-ring (bicyclic) bond motifs is 1. The second-order valence-electron chi connectivity index (χ2n) is 5.16. The minimum atomic E-state index is -0.267. The molecule has 2 nitrogen and oxygen atoms in total. The van der Waals surface area contributed by atoms with Gasteiger partial charge >= 0.3 is 0 Å². The molecule has 1 aliphatic heterocycles. The van der Waals surface area contributed by atoms with Crippen molar-refractivity contribution in [1.82, 2.24) is 5.32 Å². The van der Waals surface area contributed by atoms with E-state index >= 15 is 0 Å². The zero-order valence-corrected chi connectivity index (χ0v) is 13.4.